The minimum absolute atomic E-state index is 0.347. The molecule has 0 aromatic heterocycles. The molecule has 1 N–H and O–H groups in total. The molecule has 1 heterocycles. The number of carbonyl (C=O) groups is 1. The zero-order valence-corrected chi connectivity index (χ0v) is 11.5. The highest BCUT2D eigenvalue weighted by Gasteiger charge is 2.11. The first-order chi connectivity index (χ1) is 9.74. The number of aromatic carboxylic acids is 1. The van der Waals surface area contributed by atoms with Crippen LogP contribution in [0.5, 0.6) is 0 Å². The van der Waals surface area contributed by atoms with Gasteiger partial charge in [0.25, 0.3) is 0 Å². The summed E-state index contributed by atoms with van der Waals surface area (Å²) in [6.45, 7) is 2.25. The summed E-state index contributed by atoms with van der Waals surface area (Å²) in [6, 6.07) is 11.6. The van der Waals surface area contributed by atoms with Crippen LogP contribution in [0.15, 0.2) is 36.4 Å². The maximum atomic E-state index is 11.0. The van der Waals surface area contributed by atoms with Crippen LogP contribution in [0.4, 0.5) is 5.69 Å². The Morgan fingerprint density at radius 1 is 0.900 bits per heavy atom. The summed E-state index contributed by atoms with van der Waals surface area (Å²) in [4.78, 5) is 13.4. The Hall–Kier alpha value is -2.03. The molecule has 0 unspecified atom stereocenters. The minimum atomic E-state index is -0.872. The van der Waals surface area contributed by atoms with Gasteiger partial charge in [-0.2, -0.15) is 0 Å². The lowest BCUT2D eigenvalue weighted by Gasteiger charge is -2.23. The van der Waals surface area contributed by atoms with E-state index in [1.807, 2.05) is 12.1 Å². The van der Waals surface area contributed by atoms with Crippen LogP contribution < -0.4 is 4.90 Å². The number of benzene rings is 2. The minimum Gasteiger partial charge on any atom is -0.478 e. The van der Waals surface area contributed by atoms with Crippen molar-refractivity contribution in [3.63, 3.8) is 0 Å². The Morgan fingerprint density at radius 3 is 2.25 bits per heavy atom. The van der Waals surface area contributed by atoms with E-state index in [4.69, 9.17) is 5.11 Å². The van der Waals surface area contributed by atoms with Gasteiger partial charge in [-0.25, -0.2) is 4.79 Å². The van der Waals surface area contributed by atoms with E-state index in [0.717, 1.165) is 23.9 Å². The van der Waals surface area contributed by atoms with E-state index in [2.05, 4.69) is 17.0 Å². The molecule has 0 radical (unpaired) electrons. The highest BCUT2D eigenvalue weighted by atomic mass is 16.4. The second kappa shape index (κ2) is 5.53. The van der Waals surface area contributed by atoms with Crippen molar-refractivity contribution < 1.29 is 9.90 Å². The van der Waals surface area contributed by atoms with Crippen LogP contribution in [0, 0.1) is 0 Å². The lowest BCUT2D eigenvalue weighted by Crippen LogP contribution is -2.23. The van der Waals surface area contributed by atoms with Gasteiger partial charge in [0, 0.05) is 18.8 Å². The first-order valence-corrected chi connectivity index (χ1v) is 7.26. The van der Waals surface area contributed by atoms with Crippen molar-refractivity contribution in [3.8, 4) is 0 Å². The third-order valence-corrected chi connectivity index (χ3v) is 4.04. The van der Waals surface area contributed by atoms with Crippen molar-refractivity contribution >= 4 is 22.4 Å². The first kappa shape index (κ1) is 13.0. The lowest BCUT2D eigenvalue weighted by molar-refractivity contribution is 0.0697. The fourth-order valence-electron chi connectivity index (χ4n) is 2.89. The summed E-state index contributed by atoms with van der Waals surface area (Å²) in [5, 5.41) is 11.1. The molecule has 3 heteroatoms. The largest absolute Gasteiger partial charge is 0.478 e. The number of anilines is 1. The van der Waals surface area contributed by atoms with E-state index in [1.54, 1.807) is 12.1 Å². The van der Waals surface area contributed by atoms with Gasteiger partial charge in [0.1, 0.15) is 0 Å². The van der Waals surface area contributed by atoms with Crippen LogP contribution >= 0.6 is 0 Å². The van der Waals surface area contributed by atoms with Crippen LogP contribution in [0.1, 0.15) is 36.0 Å². The molecule has 1 aliphatic heterocycles. The summed E-state index contributed by atoms with van der Waals surface area (Å²) in [5.41, 5.74) is 1.60. The number of nitrogens with zero attached hydrogens (tertiary/aromatic N) is 1. The molecule has 1 saturated heterocycles. The molecule has 20 heavy (non-hydrogen) atoms. The predicted octanol–water partition coefficient (Wildman–Crippen LogP) is 3.92. The third-order valence-electron chi connectivity index (χ3n) is 4.04. The summed E-state index contributed by atoms with van der Waals surface area (Å²) >= 11 is 0. The molecule has 0 atom stereocenters. The molecular formula is C17H19NO2. The average Bonchev–Trinajstić information content (AvgIpc) is 2.75. The smallest absolute Gasteiger partial charge is 0.335 e. The first-order valence-electron chi connectivity index (χ1n) is 7.26. The number of carboxylic acid groups (broad SMARTS) is 1. The zero-order valence-electron chi connectivity index (χ0n) is 11.5. The van der Waals surface area contributed by atoms with Gasteiger partial charge in [-0.05, 0) is 47.9 Å². The van der Waals surface area contributed by atoms with Crippen molar-refractivity contribution in [2.75, 3.05) is 18.0 Å². The molecule has 0 aliphatic carbocycles. The number of rotatable bonds is 2. The molecule has 0 bridgehead atoms. The van der Waals surface area contributed by atoms with Gasteiger partial charge in [0.2, 0.25) is 0 Å². The van der Waals surface area contributed by atoms with E-state index >= 15 is 0 Å². The van der Waals surface area contributed by atoms with E-state index in [1.165, 1.54) is 31.4 Å². The normalized spacial score (nSPS) is 16.1. The van der Waals surface area contributed by atoms with Crippen molar-refractivity contribution in [3.05, 3.63) is 42.0 Å². The van der Waals surface area contributed by atoms with E-state index in [0.29, 0.717) is 5.56 Å². The van der Waals surface area contributed by atoms with E-state index in [9.17, 15) is 4.79 Å². The highest BCUT2D eigenvalue weighted by molar-refractivity contribution is 5.95. The topological polar surface area (TPSA) is 40.5 Å². The van der Waals surface area contributed by atoms with Crippen molar-refractivity contribution in [1.29, 1.82) is 0 Å². The molecule has 3 rings (SSSR count). The number of fused-ring (bicyclic) bond motifs is 1. The van der Waals surface area contributed by atoms with Gasteiger partial charge < -0.3 is 10.0 Å². The summed E-state index contributed by atoms with van der Waals surface area (Å²) < 4.78 is 0. The Labute approximate surface area is 118 Å². The second-order valence-corrected chi connectivity index (χ2v) is 5.45. The van der Waals surface area contributed by atoms with Gasteiger partial charge in [-0.15, -0.1) is 0 Å². The molecule has 0 saturated carbocycles. The van der Waals surface area contributed by atoms with E-state index in [-0.39, 0.29) is 0 Å². The van der Waals surface area contributed by atoms with Crippen LogP contribution in [-0.2, 0) is 0 Å². The van der Waals surface area contributed by atoms with Crippen LogP contribution in [0.2, 0.25) is 0 Å². The molecule has 0 spiro atoms. The van der Waals surface area contributed by atoms with Crippen LogP contribution in [0.3, 0.4) is 0 Å². The fraction of sp³-hybridized carbons (Fsp3) is 0.353. The molecular weight excluding hydrogens is 250 g/mol. The SMILES string of the molecule is O=C(O)c1ccc2cc(N3CCCCCC3)ccc2c1. The Bertz CT molecular complexity index is 628. The van der Waals surface area contributed by atoms with Gasteiger partial charge in [0.15, 0.2) is 0 Å². The Morgan fingerprint density at radius 2 is 1.55 bits per heavy atom. The monoisotopic (exact) mass is 269 g/mol. The molecule has 1 aliphatic rings. The van der Waals surface area contributed by atoms with E-state index < -0.39 is 5.97 Å². The average molecular weight is 269 g/mol. The van der Waals surface area contributed by atoms with Crippen molar-refractivity contribution in [1.82, 2.24) is 0 Å². The Kier molecular flexibility index (Phi) is 3.59. The fourth-order valence-corrected chi connectivity index (χ4v) is 2.89. The van der Waals surface area contributed by atoms with Gasteiger partial charge in [0.05, 0.1) is 5.56 Å². The Balaban J connectivity index is 1.94. The van der Waals surface area contributed by atoms with Gasteiger partial charge >= 0.3 is 5.97 Å². The highest BCUT2D eigenvalue weighted by Crippen LogP contribution is 2.25. The maximum absolute atomic E-state index is 11.0. The third kappa shape index (κ3) is 2.62. The molecule has 3 nitrogen and oxygen atoms in total. The molecule has 0 amide bonds. The molecule has 2 aromatic carbocycles. The standard InChI is InChI=1S/C17H19NO2/c19-17(20)15-6-5-14-12-16(8-7-13(14)11-15)18-9-3-1-2-4-10-18/h5-8,11-12H,1-4,9-10H2,(H,19,20). The van der Waals surface area contributed by atoms with Crippen LogP contribution in [-0.4, -0.2) is 24.2 Å². The molecule has 2 aromatic rings. The summed E-state index contributed by atoms with van der Waals surface area (Å²) in [7, 11) is 0. The summed E-state index contributed by atoms with van der Waals surface area (Å²) in [6.07, 6.45) is 5.17. The zero-order chi connectivity index (χ0) is 13.9. The van der Waals surface area contributed by atoms with Gasteiger partial charge in [-0.3, -0.25) is 0 Å². The maximum Gasteiger partial charge on any atom is 0.335 e. The molecule has 1 fully saturated rings. The van der Waals surface area contributed by atoms with Gasteiger partial charge in [-0.1, -0.05) is 25.0 Å². The number of carboxylic acids is 1. The van der Waals surface area contributed by atoms with Crippen LogP contribution in [0.25, 0.3) is 10.8 Å². The van der Waals surface area contributed by atoms with Crippen molar-refractivity contribution in [2.24, 2.45) is 0 Å². The second-order valence-electron chi connectivity index (χ2n) is 5.45. The lowest BCUT2D eigenvalue weighted by atomic mass is 10.1. The number of hydrogen-bond donors (Lipinski definition) is 1. The quantitative estimate of drug-likeness (QED) is 0.898. The number of hydrogen-bond acceptors (Lipinski definition) is 2. The summed E-state index contributed by atoms with van der Waals surface area (Å²) in [5.74, 6) is -0.872. The molecule has 104 valence electrons. The predicted molar refractivity (Wildman–Crippen MR) is 81.6 cm³/mol. The van der Waals surface area contributed by atoms with Crippen molar-refractivity contribution in [2.45, 2.75) is 25.7 Å².